The molecule has 1 aromatic heterocycles. The molecule has 106 valence electrons. The molecule has 3 rings (SSSR count). The van der Waals surface area contributed by atoms with Crippen LogP contribution in [0.25, 0.3) is 10.9 Å². The third kappa shape index (κ3) is 2.56. The second-order valence-electron chi connectivity index (χ2n) is 5.61. The van der Waals surface area contributed by atoms with Gasteiger partial charge in [0.1, 0.15) is 0 Å². The van der Waals surface area contributed by atoms with E-state index < -0.39 is 0 Å². The minimum atomic E-state index is 0.188. The van der Waals surface area contributed by atoms with Crippen molar-refractivity contribution in [2.45, 2.75) is 20.4 Å². The van der Waals surface area contributed by atoms with Gasteiger partial charge >= 0.3 is 0 Å². The third-order valence-corrected chi connectivity index (χ3v) is 4.10. The zero-order valence-corrected chi connectivity index (χ0v) is 12.1. The Labute approximate surface area is 119 Å². The van der Waals surface area contributed by atoms with E-state index in [1.807, 2.05) is 4.90 Å². The van der Waals surface area contributed by atoms with Crippen LogP contribution in [0.15, 0.2) is 24.3 Å². The Morgan fingerprint density at radius 2 is 2.00 bits per heavy atom. The summed E-state index contributed by atoms with van der Waals surface area (Å²) in [7, 11) is 0. The van der Waals surface area contributed by atoms with E-state index in [2.05, 4.69) is 41.1 Å². The van der Waals surface area contributed by atoms with Crippen LogP contribution in [0.3, 0.4) is 0 Å². The van der Waals surface area contributed by atoms with E-state index in [4.69, 9.17) is 0 Å². The largest absolute Gasteiger partial charge is 0.359 e. The minimum Gasteiger partial charge on any atom is -0.359 e. The summed E-state index contributed by atoms with van der Waals surface area (Å²) in [5.41, 5.74) is 3.78. The van der Waals surface area contributed by atoms with Crippen molar-refractivity contribution in [1.29, 1.82) is 0 Å². The average molecular weight is 271 g/mol. The molecule has 0 unspecified atom stereocenters. The summed E-state index contributed by atoms with van der Waals surface area (Å²) in [5.74, 6) is 0.188. The van der Waals surface area contributed by atoms with Crippen molar-refractivity contribution >= 4 is 16.8 Å². The van der Waals surface area contributed by atoms with Gasteiger partial charge in [-0.15, -0.1) is 0 Å². The van der Waals surface area contributed by atoms with Gasteiger partial charge in [0.15, 0.2) is 0 Å². The molecular weight excluding hydrogens is 250 g/mol. The SMILES string of the molecule is CC(=O)N1CCN(Cc2cccc3[nH]c(C)cc23)CC1. The first kappa shape index (κ1) is 13.2. The van der Waals surface area contributed by atoms with E-state index in [9.17, 15) is 4.79 Å². The topological polar surface area (TPSA) is 39.3 Å². The number of benzene rings is 1. The minimum absolute atomic E-state index is 0.188. The summed E-state index contributed by atoms with van der Waals surface area (Å²) >= 11 is 0. The first-order valence-corrected chi connectivity index (χ1v) is 7.18. The zero-order chi connectivity index (χ0) is 14.1. The summed E-state index contributed by atoms with van der Waals surface area (Å²) in [6.45, 7) is 8.31. The lowest BCUT2D eigenvalue weighted by molar-refractivity contribution is -0.130. The molecule has 2 heterocycles. The van der Waals surface area contributed by atoms with Crippen LogP contribution in [-0.2, 0) is 11.3 Å². The number of rotatable bonds is 2. The van der Waals surface area contributed by atoms with Gasteiger partial charge in [-0.05, 0) is 24.6 Å². The van der Waals surface area contributed by atoms with Crippen molar-refractivity contribution in [3.05, 3.63) is 35.5 Å². The Bertz CT molecular complexity index is 624. The molecule has 2 aromatic rings. The highest BCUT2D eigenvalue weighted by atomic mass is 16.2. The fourth-order valence-electron chi connectivity index (χ4n) is 2.96. The van der Waals surface area contributed by atoms with Crippen LogP contribution >= 0.6 is 0 Å². The second-order valence-corrected chi connectivity index (χ2v) is 5.61. The molecule has 0 atom stereocenters. The van der Waals surface area contributed by atoms with E-state index in [0.29, 0.717) is 0 Å². The quantitative estimate of drug-likeness (QED) is 0.909. The van der Waals surface area contributed by atoms with Crippen LogP contribution in [0.5, 0.6) is 0 Å². The van der Waals surface area contributed by atoms with Crippen LogP contribution in [0.4, 0.5) is 0 Å². The maximum atomic E-state index is 11.3. The van der Waals surface area contributed by atoms with E-state index in [-0.39, 0.29) is 5.91 Å². The average Bonchev–Trinajstić information content (AvgIpc) is 2.81. The van der Waals surface area contributed by atoms with Gasteiger partial charge in [0, 0.05) is 56.2 Å². The number of H-pyrrole nitrogens is 1. The number of carbonyl (C=O) groups excluding carboxylic acids is 1. The number of fused-ring (bicyclic) bond motifs is 1. The lowest BCUT2D eigenvalue weighted by Gasteiger charge is -2.34. The Morgan fingerprint density at radius 1 is 1.25 bits per heavy atom. The van der Waals surface area contributed by atoms with Gasteiger partial charge in [-0.3, -0.25) is 9.69 Å². The molecule has 0 radical (unpaired) electrons. The second kappa shape index (κ2) is 5.29. The fraction of sp³-hybridized carbons (Fsp3) is 0.438. The van der Waals surface area contributed by atoms with E-state index in [1.54, 1.807) is 6.92 Å². The van der Waals surface area contributed by atoms with Crippen molar-refractivity contribution in [2.24, 2.45) is 0 Å². The standard InChI is InChI=1S/C16H21N3O/c1-12-10-15-14(4-3-5-16(15)17-12)11-18-6-8-19(9-7-18)13(2)20/h3-5,10,17H,6-9,11H2,1-2H3. The van der Waals surface area contributed by atoms with Crippen LogP contribution in [0.2, 0.25) is 0 Å². The molecule has 1 aliphatic rings. The number of amides is 1. The number of aryl methyl sites for hydroxylation is 1. The number of hydrogen-bond acceptors (Lipinski definition) is 2. The number of aromatic nitrogens is 1. The van der Waals surface area contributed by atoms with Crippen LogP contribution in [0.1, 0.15) is 18.2 Å². The molecule has 4 nitrogen and oxygen atoms in total. The van der Waals surface area contributed by atoms with E-state index >= 15 is 0 Å². The molecule has 0 spiro atoms. The van der Waals surface area contributed by atoms with E-state index in [0.717, 1.165) is 32.7 Å². The van der Waals surface area contributed by atoms with Crippen molar-refractivity contribution in [1.82, 2.24) is 14.8 Å². The van der Waals surface area contributed by atoms with Gasteiger partial charge in [0.25, 0.3) is 0 Å². The van der Waals surface area contributed by atoms with Gasteiger partial charge in [0.05, 0.1) is 0 Å². The van der Waals surface area contributed by atoms with Crippen molar-refractivity contribution in [2.75, 3.05) is 26.2 Å². The van der Waals surface area contributed by atoms with Gasteiger partial charge in [-0.1, -0.05) is 12.1 Å². The molecule has 20 heavy (non-hydrogen) atoms. The molecule has 0 bridgehead atoms. The van der Waals surface area contributed by atoms with Crippen molar-refractivity contribution in [3.63, 3.8) is 0 Å². The number of carbonyl (C=O) groups is 1. The Balaban J connectivity index is 1.73. The summed E-state index contributed by atoms with van der Waals surface area (Å²) in [5, 5.41) is 1.32. The predicted molar refractivity (Wildman–Crippen MR) is 80.6 cm³/mol. The molecule has 1 fully saturated rings. The predicted octanol–water partition coefficient (Wildman–Crippen LogP) is 2.14. The number of nitrogens with one attached hydrogen (secondary N) is 1. The van der Waals surface area contributed by atoms with Crippen molar-refractivity contribution in [3.8, 4) is 0 Å². The first-order chi connectivity index (χ1) is 9.63. The van der Waals surface area contributed by atoms with Gasteiger partial charge < -0.3 is 9.88 Å². The Morgan fingerprint density at radius 3 is 2.70 bits per heavy atom. The summed E-state index contributed by atoms with van der Waals surface area (Å²) < 4.78 is 0. The summed E-state index contributed by atoms with van der Waals surface area (Å²) in [6.07, 6.45) is 0. The molecule has 1 aliphatic heterocycles. The molecule has 1 saturated heterocycles. The van der Waals surface area contributed by atoms with Crippen LogP contribution in [0, 0.1) is 6.92 Å². The Kier molecular flexibility index (Phi) is 3.49. The fourth-order valence-corrected chi connectivity index (χ4v) is 2.96. The molecule has 1 N–H and O–H groups in total. The lowest BCUT2D eigenvalue weighted by Crippen LogP contribution is -2.47. The highest BCUT2D eigenvalue weighted by Crippen LogP contribution is 2.21. The number of aromatic amines is 1. The highest BCUT2D eigenvalue weighted by Gasteiger charge is 2.19. The third-order valence-electron chi connectivity index (χ3n) is 4.10. The van der Waals surface area contributed by atoms with Crippen molar-refractivity contribution < 1.29 is 4.79 Å². The highest BCUT2D eigenvalue weighted by molar-refractivity contribution is 5.83. The first-order valence-electron chi connectivity index (χ1n) is 7.18. The zero-order valence-electron chi connectivity index (χ0n) is 12.1. The summed E-state index contributed by atoms with van der Waals surface area (Å²) in [4.78, 5) is 19.1. The smallest absolute Gasteiger partial charge is 0.219 e. The Hall–Kier alpha value is -1.81. The van der Waals surface area contributed by atoms with Crippen LogP contribution < -0.4 is 0 Å². The normalized spacial score (nSPS) is 16.8. The van der Waals surface area contributed by atoms with Gasteiger partial charge in [-0.2, -0.15) is 0 Å². The number of nitrogens with zero attached hydrogens (tertiary/aromatic N) is 2. The van der Waals surface area contributed by atoms with E-state index in [1.165, 1.54) is 22.2 Å². The molecule has 4 heteroatoms. The molecular formula is C16H21N3O. The lowest BCUT2D eigenvalue weighted by atomic mass is 10.1. The molecule has 0 aliphatic carbocycles. The van der Waals surface area contributed by atoms with Crippen LogP contribution in [-0.4, -0.2) is 46.9 Å². The summed E-state index contributed by atoms with van der Waals surface area (Å²) in [6, 6.07) is 8.66. The molecule has 1 amide bonds. The monoisotopic (exact) mass is 271 g/mol. The molecule has 1 aromatic carbocycles. The molecule has 0 saturated carbocycles. The number of hydrogen-bond donors (Lipinski definition) is 1. The maximum Gasteiger partial charge on any atom is 0.219 e. The maximum absolute atomic E-state index is 11.3. The van der Waals surface area contributed by atoms with Gasteiger partial charge in [0.2, 0.25) is 5.91 Å². The number of piperazine rings is 1. The van der Waals surface area contributed by atoms with Gasteiger partial charge in [-0.25, -0.2) is 0 Å².